The molecule has 5 saturated heterocycles. The summed E-state index contributed by atoms with van der Waals surface area (Å²) >= 11 is 0. The highest BCUT2D eigenvalue weighted by atomic mass is 16.5. The van der Waals surface area contributed by atoms with Crippen LogP contribution in [-0.4, -0.2) is 225 Å². The monoisotopic (exact) mass is 1730 g/mol. The van der Waals surface area contributed by atoms with Crippen molar-refractivity contribution in [1.82, 2.24) is 69.7 Å². The number of aliphatic imine (C=N–C) groups is 3. The van der Waals surface area contributed by atoms with E-state index in [1.54, 1.807) is 18.6 Å². The lowest BCUT2D eigenvalue weighted by atomic mass is 10.0. The molecule has 17 heterocycles. The molecule has 0 bridgehead atoms. The number of allylic oxidation sites excluding steroid dienone is 4. The van der Waals surface area contributed by atoms with Crippen LogP contribution >= 0.6 is 0 Å². The second kappa shape index (κ2) is 38.3. The van der Waals surface area contributed by atoms with Crippen LogP contribution in [0.4, 0.5) is 22.7 Å². The number of ether oxygens (including phenoxy) is 7. The summed E-state index contributed by atoms with van der Waals surface area (Å²) in [4.78, 5) is 97.8. The van der Waals surface area contributed by atoms with E-state index >= 15 is 0 Å². The molecule has 1 amide bonds. The van der Waals surface area contributed by atoms with Gasteiger partial charge in [0.05, 0.1) is 141 Å². The van der Waals surface area contributed by atoms with Gasteiger partial charge in [-0.1, -0.05) is 121 Å². The summed E-state index contributed by atoms with van der Waals surface area (Å²) in [6, 6.07) is 45.1. The highest BCUT2D eigenvalue weighted by molar-refractivity contribution is 5.95. The average Bonchev–Trinajstić information content (AvgIpc) is 1.63. The fourth-order valence-electron chi connectivity index (χ4n) is 18.2. The van der Waals surface area contributed by atoms with Gasteiger partial charge in [-0.15, -0.1) is 0 Å². The maximum absolute atomic E-state index is 13.2. The van der Waals surface area contributed by atoms with Gasteiger partial charge in [0.2, 0.25) is 23.3 Å². The molecule has 5 fully saturated rings. The molecule has 0 spiro atoms. The summed E-state index contributed by atoms with van der Waals surface area (Å²) < 4.78 is 39.5. The number of nitrogens with zero attached hydrogens (tertiary/aromatic N) is 21. The van der Waals surface area contributed by atoms with Crippen molar-refractivity contribution in [2.75, 3.05) is 151 Å². The van der Waals surface area contributed by atoms with E-state index in [4.69, 9.17) is 53.1 Å². The number of pyridine rings is 5. The van der Waals surface area contributed by atoms with Gasteiger partial charge in [-0.3, -0.25) is 29.7 Å². The molecule has 9 aromatic heterocycles. The largest absolute Gasteiger partial charge is 0.473 e. The molecule has 1 unspecified atom stereocenters. The highest BCUT2D eigenvalue weighted by Gasteiger charge is 2.35. The maximum atomic E-state index is 13.2. The van der Waals surface area contributed by atoms with Crippen LogP contribution in [0.5, 0.6) is 0 Å². The summed E-state index contributed by atoms with van der Waals surface area (Å²) in [5.74, 6) is 3.15. The van der Waals surface area contributed by atoms with Crippen molar-refractivity contribution in [3.8, 4) is 0 Å². The van der Waals surface area contributed by atoms with Gasteiger partial charge in [-0.05, 0) is 88.2 Å². The van der Waals surface area contributed by atoms with Gasteiger partial charge in [0.15, 0.2) is 0 Å². The fourth-order valence-corrected chi connectivity index (χ4v) is 18.2. The van der Waals surface area contributed by atoms with Crippen LogP contribution in [0.1, 0.15) is 155 Å². The van der Waals surface area contributed by atoms with E-state index in [1.165, 1.54) is 0 Å². The van der Waals surface area contributed by atoms with Gasteiger partial charge in [-0.25, -0.2) is 54.8 Å². The highest BCUT2D eigenvalue weighted by Crippen LogP contribution is 2.41. The van der Waals surface area contributed by atoms with Gasteiger partial charge >= 0.3 is 0 Å². The molecule has 0 radical (unpaired) electrons. The third-order valence-corrected chi connectivity index (χ3v) is 25.1. The first kappa shape index (κ1) is 82.6. The first-order chi connectivity index (χ1) is 64.3. The Kier molecular flexibility index (Phi) is 24.3. The molecule has 4 atom stereocenters. The number of benzene rings is 3. The predicted octanol–water partition coefficient (Wildman–Crippen LogP) is 12.7. The van der Waals surface area contributed by atoms with Crippen LogP contribution in [0.15, 0.2) is 253 Å². The van der Waals surface area contributed by atoms with Gasteiger partial charge in [0, 0.05) is 185 Å². The molecule has 130 heavy (non-hydrogen) atoms. The maximum Gasteiger partial charge on any atom is 0.292 e. The van der Waals surface area contributed by atoms with Gasteiger partial charge in [0.25, 0.3) is 23.6 Å². The second-order valence-corrected chi connectivity index (χ2v) is 33.0. The molecule has 29 nitrogen and oxygen atoms in total. The van der Waals surface area contributed by atoms with E-state index in [0.717, 1.165) is 278 Å². The lowest BCUT2D eigenvalue weighted by Gasteiger charge is -2.29. The molecule has 29 heteroatoms. The van der Waals surface area contributed by atoms with Crippen LogP contribution in [0.3, 0.4) is 0 Å². The number of amides is 1. The standard InChI is InChI=1S/C26H26N6O2.3C25H23N5O2/c33-26(32-9-3-5-24(32)23-4-1-2-8-27-23)25-29-15-18(16-30-25)20-6-7-22-21(20)14-19(17-28-22)31-10-12-34-13-11-31;2*1-2-4-17(5-3-1)23-16-32-25(29-23)24-27-13-18(14-28-24)20-6-7-22-21(20)12-19(15-26-22)30-8-10-31-11-9-30;1-2-4-17(5-3-1)23-16-29-25(32-23)24-27-13-18(14-28-24)20-6-7-22-21(20)12-19(15-26-22)30-8-10-31-11-9-30/h1-2,4,6,8,14-17,24H,3,5,7,9-13H2;3*1-6,12-15,23H,7-11,16H2/t;3*23-/m.100/s1. The van der Waals surface area contributed by atoms with E-state index in [2.05, 4.69) is 164 Å². The zero-order valence-corrected chi connectivity index (χ0v) is 71.9. The van der Waals surface area contributed by atoms with Gasteiger partial charge < -0.3 is 57.7 Å². The van der Waals surface area contributed by atoms with E-state index < -0.39 is 0 Å². The molecular weight excluding hydrogens is 1640 g/mol. The minimum absolute atomic E-state index is 0.0106. The van der Waals surface area contributed by atoms with Gasteiger partial charge in [0.1, 0.15) is 31.4 Å². The molecule has 0 N–H and O–H groups in total. The molecule has 3 aromatic carbocycles. The van der Waals surface area contributed by atoms with Crippen molar-refractivity contribution in [2.24, 2.45) is 15.0 Å². The van der Waals surface area contributed by atoms with Crippen LogP contribution < -0.4 is 19.6 Å². The number of hydrogen-bond donors (Lipinski definition) is 0. The fraction of sp³-hybridized carbons (Fsp3) is 0.297. The first-order valence-electron chi connectivity index (χ1n) is 44.7. The Hall–Kier alpha value is -14.4. The molecular formula is C101H95N21O8. The zero-order chi connectivity index (χ0) is 86.9. The number of fused-ring (bicyclic) bond motifs is 4. The Morgan fingerprint density at radius 3 is 1.05 bits per heavy atom. The van der Waals surface area contributed by atoms with Crippen molar-refractivity contribution in [3.05, 3.63) is 351 Å². The Morgan fingerprint density at radius 2 is 0.692 bits per heavy atom. The van der Waals surface area contributed by atoms with Crippen molar-refractivity contribution in [1.29, 1.82) is 0 Å². The van der Waals surface area contributed by atoms with Gasteiger partial charge in [-0.2, -0.15) is 0 Å². The lowest BCUT2D eigenvalue weighted by molar-refractivity contribution is 0.0720. The zero-order valence-electron chi connectivity index (χ0n) is 71.9. The SMILES string of the molecule is C1=C(c2cnc(C3=NC[C@@H](c4ccccc4)O3)nc2)c2cc(N3CCOCC3)cnc2C1.C1=C(c2cnc(C3=N[C@@H](c4ccccc4)CO3)nc2)c2cc(N3CCOCC3)cnc2C1.C1=C(c2cnc(C3=N[C@H](c4ccccc4)CO3)nc2)c2cc(N3CCOCC3)cnc2C1.O=C(c1ncc(C2=CCc3ncc(N4CCOCC4)cc32)cn1)N1CCCC1c1ccccn1. The minimum Gasteiger partial charge on any atom is -0.473 e. The van der Waals surface area contributed by atoms with Crippen molar-refractivity contribution >= 4 is 68.6 Å². The third kappa shape index (κ3) is 18.0. The summed E-state index contributed by atoms with van der Waals surface area (Å²) in [5, 5.41) is 0. The number of likely N-dealkylation sites (tertiary alicyclic amines) is 1. The summed E-state index contributed by atoms with van der Waals surface area (Å²) in [7, 11) is 0. The molecule has 24 rings (SSSR count). The van der Waals surface area contributed by atoms with Crippen LogP contribution in [0, 0.1) is 0 Å². The normalized spacial score (nSPS) is 19.8. The Balaban J connectivity index is 0.000000105. The second-order valence-electron chi connectivity index (χ2n) is 33.0. The quantitative estimate of drug-likeness (QED) is 0.0867. The number of carbonyl (C=O) groups is 1. The van der Waals surface area contributed by atoms with Crippen LogP contribution in [-0.2, 0) is 58.8 Å². The number of anilines is 4. The molecule has 4 aliphatic carbocycles. The molecule has 12 aliphatic rings. The third-order valence-electron chi connectivity index (χ3n) is 25.1. The first-order valence-corrected chi connectivity index (χ1v) is 44.7. The van der Waals surface area contributed by atoms with Crippen LogP contribution in [0.25, 0.3) is 22.3 Å². The predicted molar refractivity (Wildman–Crippen MR) is 493 cm³/mol. The summed E-state index contributed by atoms with van der Waals surface area (Å²) in [6.07, 6.45) is 38.1. The number of aromatic nitrogens is 13. The van der Waals surface area contributed by atoms with E-state index in [1.807, 2.05) is 140 Å². The minimum atomic E-state index is -0.142. The average molecular weight is 1730 g/mol. The lowest BCUT2D eigenvalue weighted by Crippen LogP contribution is -2.36. The van der Waals surface area contributed by atoms with Crippen molar-refractivity contribution < 1.29 is 38.0 Å². The van der Waals surface area contributed by atoms with Crippen LogP contribution in [0.2, 0.25) is 0 Å². The van der Waals surface area contributed by atoms with Crippen molar-refractivity contribution in [3.63, 3.8) is 0 Å². The van der Waals surface area contributed by atoms with E-state index in [0.29, 0.717) is 61.5 Å². The van der Waals surface area contributed by atoms with Crippen molar-refractivity contribution in [2.45, 2.75) is 62.8 Å². The smallest absolute Gasteiger partial charge is 0.292 e. The Morgan fingerprint density at radius 1 is 0.346 bits per heavy atom. The number of morpholine rings is 4. The summed E-state index contributed by atoms with van der Waals surface area (Å²) in [5.41, 5.74) is 26.0. The molecule has 8 aliphatic heterocycles. The Bertz CT molecular complexity index is 6120. The number of rotatable bonds is 16. The number of carbonyl (C=O) groups excluding carboxylic acids is 1. The van der Waals surface area contributed by atoms with E-state index in [9.17, 15) is 4.79 Å². The Labute approximate surface area is 752 Å². The number of hydrogen-bond acceptors (Lipinski definition) is 28. The topological polar surface area (TPSA) is 303 Å². The molecule has 652 valence electrons. The summed E-state index contributed by atoms with van der Waals surface area (Å²) in [6.45, 7) is 15.4. The molecule has 0 saturated carbocycles. The molecule has 12 aromatic rings. The van der Waals surface area contributed by atoms with E-state index in [-0.39, 0.29) is 36.0 Å².